The maximum absolute atomic E-state index is 12.1. The zero-order chi connectivity index (χ0) is 17.0. The van der Waals surface area contributed by atoms with Crippen molar-refractivity contribution in [2.45, 2.75) is 12.8 Å². The number of anilines is 2. The lowest BCUT2D eigenvalue weighted by Crippen LogP contribution is -2.42. The fraction of sp³-hybridized carbons (Fsp3) is 0.429. The smallest absolute Gasteiger partial charge is 0.321 e. The zero-order valence-electron chi connectivity index (χ0n) is 12.7. The number of nitrogens with zero attached hydrogens (tertiary/aromatic N) is 1. The molecular formula is C14H19N3O5S. The lowest BCUT2D eigenvalue weighted by molar-refractivity contribution is -0.143. The van der Waals surface area contributed by atoms with Crippen LogP contribution in [0.3, 0.4) is 0 Å². The number of likely N-dealkylation sites (tertiary alicyclic amines) is 1. The molecule has 1 aliphatic rings. The van der Waals surface area contributed by atoms with Crippen LogP contribution in [0.2, 0.25) is 0 Å². The highest BCUT2D eigenvalue weighted by molar-refractivity contribution is 7.92. The number of nitrogens with one attached hydrogen (secondary N) is 2. The highest BCUT2D eigenvalue weighted by Gasteiger charge is 2.26. The van der Waals surface area contributed by atoms with Gasteiger partial charge in [0.2, 0.25) is 10.0 Å². The fourth-order valence-corrected chi connectivity index (χ4v) is 2.93. The van der Waals surface area contributed by atoms with Crippen LogP contribution in [0.1, 0.15) is 12.8 Å². The van der Waals surface area contributed by atoms with E-state index in [2.05, 4.69) is 10.0 Å². The predicted molar refractivity (Wildman–Crippen MR) is 85.9 cm³/mol. The van der Waals surface area contributed by atoms with Gasteiger partial charge in [0.25, 0.3) is 0 Å². The van der Waals surface area contributed by atoms with Crippen LogP contribution in [0.4, 0.5) is 16.2 Å². The quantitative estimate of drug-likeness (QED) is 0.765. The number of amides is 2. The minimum atomic E-state index is -3.34. The highest BCUT2D eigenvalue weighted by atomic mass is 32.2. The molecule has 0 saturated carbocycles. The van der Waals surface area contributed by atoms with Crippen LogP contribution in [-0.2, 0) is 14.8 Å². The van der Waals surface area contributed by atoms with Gasteiger partial charge in [-0.3, -0.25) is 9.52 Å². The lowest BCUT2D eigenvalue weighted by Gasteiger charge is -2.30. The van der Waals surface area contributed by atoms with E-state index in [1.807, 2.05) is 0 Å². The van der Waals surface area contributed by atoms with Gasteiger partial charge in [-0.1, -0.05) is 0 Å². The van der Waals surface area contributed by atoms with Gasteiger partial charge in [0.15, 0.2) is 0 Å². The van der Waals surface area contributed by atoms with Gasteiger partial charge in [-0.2, -0.15) is 0 Å². The Bertz CT molecular complexity index is 679. The van der Waals surface area contributed by atoms with E-state index in [0.717, 1.165) is 6.26 Å². The molecule has 1 aromatic carbocycles. The fourth-order valence-electron chi connectivity index (χ4n) is 2.37. The van der Waals surface area contributed by atoms with Gasteiger partial charge < -0.3 is 15.3 Å². The van der Waals surface area contributed by atoms with Crippen LogP contribution >= 0.6 is 0 Å². The molecule has 0 aromatic heterocycles. The summed E-state index contributed by atoms with van der Waals surface area (Å²) in [5.41, 5.74) is 0.946. The first-order valence-electron chi connectivity index (χ1n) is 7.11. The molecule has 0 radical (unpaired) electrons. The molecule has 23 heavy (non-hydrogen) atoms. The van der Waals surface area contributed by atoms with Gasteiger partial charge in [0.05, 0.1) is 12.2 Å². The van der Waals surface area contributed by atoms with E-state index in [4.69, 9.17) is 5.11 Å². The van der Waals surface area contributed by atoms with Crippen LogP contribution in [0.25, 0.3) is 0 Å². The van der Waals surface area contributed by atoms with E-state index in [1.165, 1.54) is 0 Å². The summed E-state index contributed by atoms with van der Waals surface area (Å²) in [6.07, 6.45) is 1.95. The average molecular weight is 341 g/mol. The predicted octanol–water partition coefficient (Wildman–Crippen LogP) is 1.39. The van der Waals surface area contributed by atoms with Crippen molar-refractivity contribution in [3.63, 3.8) is 0 Å². The third-order valence-corrected chi connectivity index (χ3v) is 4.18. The van der Waals surface area contributed by atoms with Crippen molar-refractivity contribution in [1.29, 1.82) is 0 Å². The third-order valence-electron chi connectivity index (χ3n) is 3.57. The van der Waals surface area contributed by atoms with Crippen molar-refractivity contribution in [2.24, 2.45) is 5.92 Å². The Morgan fingerprint density at radius 2 is 1.65 bits per heavy atom. The number of piperidine rings is 1. The van der Waals surface area contributed by atoms with Crippen LogP contribution in [-0.4, -0.2) is 49.8 Å². The molecule has 0 aliphatic carbocycles. The lowest BCUT2D eigenvalue weighted by atomic mass is 9.97. The first-order valence-corrected chi connectivity index (χ1v) is 9.00. The topological polar surface area (TPSA) is 116 Å². The Balaban J connectivity index is 1.90. The number of hydrogen-bond donors (Lipinski definition) is 3. The number of rotatable bonds is 4. The summed E-state index contributed by atoms with van der Waals surface area (Å²) in [4.78, 5) is 24.6. The van der Waals surface area contributed by atoms with Crippen molar-refractivity contribution in [1.82, 2.24) is 4.90 Å². The minimum absolute atomic E-state index is 0.294. The average Bonchev–Trinajstić information content (AvgIpc) is 2.48. The van der Waals surface area contributed by atoms with Crippen LogP contribution < -0.4 is 10.0 Å². The number of benzene rings is 1. The van der Waals surface area contributed by atoms with E-state index in [1.54, 1.807) is 29.2 Å². The second-order valence-electron chi connectivity index (χ2n) is 5.48. The van der Waals surface area contributed by atoms with Gasteiger partial charge in [-0.05, 0) is 37.1 Å². The largest absolute Gasteiger partial charge is 0.481 e. The second-order valence-corrected chi connectivity index (χ2v) is 7.23. The second kappa shape index (κ2) is 6.86. The molecule has 1 fully saturated rings. The molecule has 1 heterocycles. The Labute approximate surface area is 134 Å². The molecule has 0 spiro atoms. The molecule has 3 N–H and O–H groups in total. The maximum atomic E-state index is 12.1. The Morgan fingerprint density at radius 3 is 2.13 bits per heavy atom. The normalized spacial score (nSPS) is 16.0. The number of carbonyl (C=O) groups is 2. The van der Waals surface area contributed by atoms with Gasteiger partial charge >= 0.3 is 12.0 Å². The standard InChI is InChI=1S/C14H19N3O5S/c1-23(21,22)16-12-4-2-11(3-5-12)15-14(20)17-8-6-10(7-9-17)13(18)19/h2-5,10,16H,6-9H2,1H3,(H,15,20)(H,18,19). The monoisotopic (exact) mass is 341 g/mol. The molecule has 2 rings (SSSR count). The summed E-state index contributed by atoms with van der Waals surface area (Å²) in [6.45, 7) is 0.799. The number of hydrogen-bond acceptors (Lipinski definition) is 4. The molecule has 2 amide bonds. The summed E-state index contributed by atoms with van der Waals surface area (Å²) in [6, 6.07) is 5.99. The van der Waals surface area contributed by atoms with Crippen LogP contribution in [0, 0.1) is 5.92 Å². The molecule has 0 unspecified atom stereocenters. The van der Waals surface area contributed by atoms with Gasteiger partial charge in [-0.15, -0.1) is 0 Å². The molecular weight excluding hydrogens is 322 g/mol. The summed E-state index contributed by atoms with van der Waals surface area (Å²) >= 11 is 0. The summed E-state index contributed by atoms with van der Waals surface area (Å²) in [5, 5.41) is 11.6. The first-order chi connectivity index (χ1) is 10.7. The number of sulfonamides is 1. The van der Waals surface area contributed by atoms with E-state index in [-0.39, 0.29) is 11.9 Å². The highest BCUT2D eigenvalue weighted by Crippen LogP contribution is 2.19. The first kappa shape index (κ1) is 17.1. The number of carbonyl (C=O) groups excluding carboxylic acids is 1. The van der Waals surface area contributed by atoms with E-state index in [9.17, 15) is 18.0 Å². The van der Waals surface area contributed by atoms with Gasteiger partial charge in [0, 0.05) is 24.5 Å². The van der Waals surface area contributed by atoms with Crippen molar-refractivity contribution in [2.75, 3.05) is 29.4 Å². The summed E-state index contributed by atoms with van der Waals surface area (Å²) < 4.78 is 24.6. The van der Waals surface area contributed by atoms with Gasteiger partial charge in [0.1, 0.15) is 0 Å². The van der Waals surface area contributed by atoms with Crippen molar-refractivity contribution in [3.05, 3.63) is 24.3 Å². The van der Waals surface area contributed by atoms with E-state index >= 15 is 0 Å². The molecule has 126 valence electrons. The Hall–Kier alpha value is -2.29. The van der Waals surface area contributed by atoms with Crippen LogP contribution in [0.5, 0.6) is 0 Å². The SMILES string of the molecule is CS(=O)(=O)Nc1ccc(NC(=O)N2CCC(C(=O)O)CC2)cc1. The van der Waals surface area contributed by atoms with Crippen molar-refractivity contribution < 1.29 is 23.1 Å². The molecule has 1 aromatic rings. The summed E-state index contributed by atoms with van der Waals surface area (Å²) in [7, 11) is -3.34. The van der Waals surface area contributed by atoms with Crippen molar-refractivity contribution >= 4 is 33.4 Å². The zero-order valence-corrected chi connectivity index (χ0v) is 13.5. The van der Waals surface area contributed by atoms with E-state index in [0.29, 0.717) is 37.3 Å². The summed E-state index contributed by atoms with van der Waals surface area (Å²) in [5.74, 6) is -1.21. The maximum Gasteiger partial charge on any atom is 0.321 e. The van der Waals surface area contributed by atoms with Gasteiger partial charge in [-0.25, -0.2) is 13.2 Å². The molecule has 9 heteroatoms. The minimum Gasteiger partial charge on any atom is -0.481 e. The molecule has 1 aliphatic heterocycles. The third kappa shape index (κ3) is 5.13. The number of carboxylic acid groups (broad SMARTS) is 1. The number of aliphatic carboxylic acids is 1. The van der Waals surface area contributed by atoms with E-state index < -0.39 is 16.0 Å². The molecule has 8 nitrogen and oxygen atoms in total. The molecule has 0 bridgehead atoms. The van der Waals surface area contributed by atoms with Crippen LogP contribution in [0.15, 0.2) is 24.3 Å². The molecule has 0 atom stereocenters. The Kier molecular flexibility index (Phi) is 5.09. The molecule has 1 saturated heterocycles. The number of carboxylic acids is 1. The Morgan fingerprint density at radius 1 is 1.13 bits per heavy atom. The van der Waals surface area contributed by atoms with Crippen molar-refractivity contribution in [3.8, 4) is 0 Å². The number of urea groups is 1.